The van der Waals surface area contributed by atoms with Gasteiger partial charge in [-0.2, -0.15) is 0 Å². The lowest BCUT2D eigenvalue weighted by Crippen LogP contribution is -2.52. The van der Waals surface area contributed by atoms with Gasteiger partial charge in [-0.3, -0.25) is 9.79 Å². The number of carbonyl (C=O) groups is 2. The Morgan fingerprint density at radius 1 is 1.52 bits per heavy atom. The van der Waals surface area contributed by atoms with Gasteiger partial charge in [0.25, 0.3) is 0 Å². The number of nitrogens with two attached hydrogens (primary N) is 1. The Hall–Kier alpha value is -1.45. The minimum absolute atomic E-state index is 0.205. The molecule has 9 heteroatoms. The second-order valence-electron chi connectivity index (χ2n) is 5.84. The summed E-state index contributed by atoms with van der Waals surface area (Å²) in [5.41, 5.74) is 5.28. The van der Waals surface area contributed by atoms with E-state index in [1.54, 1.807) is 20.8 Å². The van der Waals surface area contributed by atoms with Gasteiger partial charge in [-0.25, -0.2) is 9.78 Å². The number of thioether (sulfide) groups is 1. The van der Waals surface area contributed by atoms with Gasteiger partial charge in [0.2, 0.25) is 5.91 Å². The first-order valence-corrected chi connectivity index (χ1v) is 9.04. The van der Waals surface area contributed by atoms with E-state index < -0.39 is 17.6 Å². The van der Waals surface area contributed by atoms with E-state index in [0.717, 1.165) is 10.7 Å². The molecule has 0 aliphatic carbocycles. The van der Waals surface area contributed by atoms with Crippen LogP contribution in [0, 0.1) is 5.92 Å². The highest BCUT2D eigenvalue weighted by atomic mass is 32.2. The molecule has 0 saturated heterocycles. The van der Waals surface area contributed by atoms with E-state index in [2.05, 4.69) is 15.3 Å². The van der Waals surface area contributed by atoms with Crippen LogP contribution in [0.15, 0.2) is 10.4 Å². The number of aromatic nitrogens is 1. The molecule has 0 radical (unpaired) electrons. The molecule has 0 aromatic carbocycles. The second kappa shape index (κ2) is 6.98. The highest BCUT2D eigenvalue weighted by Gasteiger charge is 2.41. The summed E-state index contributed by atoms with van der Waals surface area (Å²) in [5.74, 6) is -1.17. The van der Waals surface area contributed by atoms with E-state index in [1.807, 2.05) is 5.38 Å². The SMILES string of the molecule is CC(C)[C@H](NC(=O)C1(C)CSC(c2csc(CN)n2)=N1)C(=O)O. The van der Waals surface area contributed by atoms with Crippen LogP contribution in [0.5, 0.6) is 0 Å². The number of aliphatic imine (C=N–C) groups is 1. The molecule has 1 amide bonds. The summed E-state index contributed by atoms with van der Waals surface area (Å²) in [4.78, 5) is 32.6. The fourth-order valence-electron chi connectivity index (χ4n) is 2.06. The van der Waals surface area contributed by atoms with Crippen LogP contribution in [0.2, 0.25) is 0 Å². The molecule has 126 valence electrons. The van der Waals surface area contributed by atoms with Gasteiger partial charge < -0.3 is 16.2 Å². The van der Waals surface area contributed by atoms with Crippen molar-refractivity contribution < 1.29 is 14.7 Å². The first kappa shape index (κ1) is 17.9. The molecule has 2 atom stereocenters. The molecule has 2 rings (SSSR count). The molecule has 23 heavy (non-hydrogen) atoms. The monoisotopic (exact) mass is 356 g/mol. The van der Waals surface area contributed by atoms with Crippen LogP contribution in [0.4, 0.5) is 0 Å². The number of hydrogen-bond acceptors (Lipinski definition) is 7. The number of carboxylic acids is 1. The zero-order valence-electron chi connectivity index (χ0n) is 13.2. The third-order valence-electron chi connectivity index (χ3n) is 3.49. The summed E-state index contributed by atoms with van der Waals surface area (Å²) >= 11 is 2.90. The van der Waals surface area contributed by atoms with E-state index >= 15 is 0 Å². The molecule has 0 saturated carbocycles. The Labute approximate surface area is 142 Å². The fraction of sp³-hybridized carbons (Fsp3) is 0.571. The summed E-state index contributed by atoms with van der Waals surface area (Å²) < 4.78 is 0. The number of nitrogens with one attached hydrogen (secondary N) is 1. The molecule has 2 heterocycles. The van der Waals surface area contributed by atoms with Crippen molar-refractivity contribution in [2.45, 2.75) is 38.9 Å². The number of amides is 1. The number of hydrogen-bond donors (Lipinski definition) is 3. The van der Waals surface area contributed by atoms with Crippen molar-refractivity contribution in [3.05, 3.63) is 16.1 Å². The standard InChI is InChI=1S/C14H20N4O3S2/c1-7(2)10(12(19)20)17-13(21)14(3)6-23-11(18-14)8-5-22-9(4-15)16-8/h5,7,10H,4,6,15H2,1-3H3,(H,17,21)(H,19,20)/t10-,14?/m0/s1. The maximum Gasteiger partial charge on any atom is 0.326 e. The highest BCUT2D eigenvalue weighted by Crippen LogP contribution is 2.31. The zero-order valence-corrected chi connectivity index (χ0v) is 14.8. The quantitative estimate of drug-likeness (QED) is 0.702. The molecule has 1 unspecified atom stereocenters. The molecule has 7 nitrogen and oxygen atoms in total. The molecular weight excluding hydrogens is 336 g/mol. The zero-order chi connectivity index (χ0) is 17.2. The van der Waals surface area contributed by atoms with Crippen LogP contribution < -0.4 is 11.1 Å². The molecule has 4 N–H and O–H groups in total. The first-order valence-electron chi connectivity index (χ1n) is 7.18. The van der Waals surface area contributed by atoms with Crippen molar-refractivity contribution >= 4 is 40.0 Å². The van der Waals surface area contributed by atoms with Crippen molar-refractivity contribution in [3.63, 3.8) is 0 Å². The van der Waals surface area contributed by atoms with Crippen molar-refractivity contribution in [3.8, 4) is 0 Å². The Bertz CT molecular complexity index is 644. The maximum absolute atomic E-state index is 12.5. The smallest absolute Gasteiger partial charge is 0.326 e. The molecule has 1 aromatic heterocycles. The van der Waals surface area contributed by atoms with Crippen molar-refractivity contribution in [1.29, 1.82) is 0 Å². The van der Waals surface area contributed by atoms with E-state index in [-0.39, 0.29) is 11.8 Å². The van der Waals surface area contributed by atoms with Crippen LogP contribution in [-0.2, 0) is 16.1 Å². The molecule has 1 aliphatic heterocycles. The van der Waals surface area contributed by atoms with Gasteiger partial charge >= 0.3 is 5.97 Å². The number of rotatable bonds is 6. The van der Waals surface area contributed by atoms with Crippen LogP contribution in [0.25, 0.3) is 0 Å². The number of nitrogens with zero attached hydrogens (tertiary/aromatic N) is 2. The van der Waals surface area contributed by atoms with E-state index in [9.17, 15) is 14.7 Å². The number of thiazole rings is 1. The minimum Gasteiger partial charge on any atom is -0.480 e. The Kier molecular flexibility index (Phi) is 5.43. The largest absolute Gasteiger partial charge is 0.480 e. The Morgan fingerprint density at radius 3 is 2.74 bits per heavy atom. The summed E-state index contributed by atoms with van der Waals surface area (Å²) in [6.07, 6.45) is 0. The van der Waals surface area contributed by atoms with Crippen molar-refractivity contribution in [2.75, 3.05) is 5.75 Å². The van der Waals surface area contributed by atoms with E-state index in [0.29, 0.717) is 17.3 Å². The third-order valence-corrected chi connectivity index (χ3v) is 5.64. The summed E-state index contributed by atoms with van der Waals surface area (Å²) in [6.45, 7) is 5.58. The minimum atomic E-state index is -1.04. The number of carboxylic acid groups (broad SMARTS) is 1. The molecule has 0 bridgehead atoms. The molecular formula is C14H20N4O3S2. The molecule has 0 fully saturated rings. The molecule has 0 spiro atoms. The topological polar surface area (TPSA) is 118 Å². The summed E-state index contributed by atoms with van der Waals surface area (Å²) in [5, 5.41) is 15.2. The van der Waals surface area contributed by atoms with Crippen LogP contribution in [0.3, 0.4) is 0 Å². The average molecular weight is 356 g/mol. The number of carbonyl (C=O) groups excluding carboxylic acids is 1. The van der Waals surface area contributed by atoms with Gasteiger partial charge in [-0.05, 0) is 12.8 Å². The summed E-state index contributed by atoms with van der Waals surface area (Å²) in [7, 11) is 0. The van der Waals surface area contributed by atoms with Crippen molar-refractivity contribution in [1.82, 2.24) is 10.3 Å². The van der Waals surface area contributed by atoms with Gasteiger partial charge in [0.15, 0.2) is 0 Å². The Balaban J connectivity index is 2.15. The fourth-order valence-corrected chi connectivity index (χ4v) is 3.92. The lowest BCUT2D eigenvalue weighted by atomic mass is 10.0. The summed E-state index contributed by atoms with van der Waals surface area (Å²) in [6, 6.07) is -0.924. The van der Waals surface area contributed by atoms with Crippen LogP contribution in [0.1, 0.15) is 31.5 Å². The maximum atomic E-state index is 12.5. The normalized spacial score (nSPS) is 22.0. The number of aliphatic carboxylic acids is 1. The predicted octanol–water partition coefficient (Wildman–Crippen LogP) is 1.08. The van der Waals surface area contributed by atoms with Gasteiger partial charge in [0, 0.05) is 17.7 Å². The molecule has 1 aliphatic rings. The highest BCUT2D eigenvalue weighted by molar-refractivity contribution is 8.14. The lowest BCUT2D eigenvalue weighted by Gasteiger charge is -2.24. The van der Waals surface area contributed by atoms with Gasteiger partial charge in [-0.15, -0.1) is 23.1 Å². The first-order chi connectivity index (χ1) is 10.8. The lowest BCUT2D eigenvalue weighted by molar-refractivity contribution is -0.143. The second-order valence-corrected chi connectivity index (χ2v) is 7.75. The van der Waals surface area contributed by atoms with Crippen LogP contribution in [-0.4, -0.2) is 44.3 Å². The average Bonchev–Trinajstić information content (AvgIpc) is 3.10. The van der Waals surface area contributed by atoms with E-state index in [1.165, 1.54) is 23.1 Å². The Morgan fingerprint density at radius 2 is 2.22 bits per heavy atom. The third kappa shape index (κ3) is 3.91. The van der Waals surface area contributed by atoms with E-state index in [4.69, 9.17) is 5.73 Å². The van der Waals surface area contributed by atoms with Crippen molar-refractivity contribution in [2.24, 2.45) is 16.6 Å². The van der Waals surface area contributed by atoms with Gasteiger partial charge in [0.05, 0.1) is 0 Å². The van der Waals surface area contributed by atoms with Gasteiger partial charge in [-0.1, -0.05) is 13.8 Å². The van der Waals surface area contributed by atoms with Crippen LogP contribution >= 0.6 is 23.1 Å². The predicted molar refractivity (Wildman–Crippen MR) is 91.8 cm³/mol. The molecule has 1 aromatic rings. The van der Waals surface area contributed by atoms with Gasteiger partial charge in [0.1, 0.15) is 27.3 Å².